The molecule has 0 bridgehead atoms. The highest BCUT2D eigenvalue weighted by Gasteiger charge is 2.15. The summed E-state index contributed by atoms with van der Waals surface area (Å²) in [5, 5.41) is 6.45. The van der Waals surface area contributed by atoms with Crippen molar-refractivity contribution in [3.63, 3.8) is 0 Å². The first-order chi connectivity index (χ1) is 13.2. The molecule has 0 saturated carbocycles. The van der Waals surface area contributed by atoms with Gasteiger partial charge in [-0.3, -0.25) is 4.79 Å². The number of hydrogen-bond acceptors (Lipinski definition) is 2. The zero-order valence-corrected chi connectivity index (χ0v) is 15.7. The Bertz CT molecular complexity index is 1100. The number of carbonyl (C=O) groups is 1. The average Bonchev–Trinajstić information content (AvgIpc) is 3.11. The van der Waals surface area contributed by atoms with Gasteiger partial charge >= 0.3 is 0 Å². The Balaban J connectivity index is 1.68. The summed E-state index contributed by atoms with van der Waals surface area (Å²) < 4.78 is 5.72. The van der Waals surface area contributed by atoms with E-state index in [0.29, 0.717) is 6.42 Å². The van der Waals surface area contributed by atoms with Crippen molar-refractivity contribution in [3.8, 4) is 0 Å². The van der Waals surface area contributed by atoms with Crippen LogP contribution in [0.1, 0.15) is 30.5 Å². The van der Waals surface area contributed by atoms with E-state index in [2.05, 4.69) is 55.6 Å². The summed E-state index contributed by atoms with van der Waals surface area (Å²) in [5.41, 5.74) is 5.05. The van der Waals surface area contributed by atoms with Gasteiger partial charge in [-0.1, -0.05) is 62.4 Å². The van der Waals surface area contributed by atoms with Gasteiger partial charge in [0.05, 0.1) is 12.7 Å². The number of para-hydroxylation sites is 1. The van der Waals surface area contributed by atoms with Gasteiger partial charge in [-0.25, -0.2) is 0 Å². The van der Waals surface area contributed by atoms with Crippen LogP contribution in [0.25, 0.3) is 21.7 Å². The molecule has 0 aliphatic heterocycles. The Hall–Kier alpha value is -3.07. The Morgan fingerprint density at radius 1 is 0.889 bits per heavy atom. The number of anilines is 1. The van der Waals surface area contributed by atoms with Gasteiger partial charge < -0.3 is 9.73 Å². The first-order valence-electron chi connectivity index (χ1n) is 9.49. The third-order valence-electron chi connectivity index (χ3n) is 5.15. The second kappa shape index (κ2) is 7.28. The maximum Gasteiger partial charge on any atom is 0.228 e. The number of nitrogens with one attached hydrogen (secondary N) is 1. The molecule has 3 aromatic carbocycles. The average molecular weight is 357 g/mol. The Kier molecular flexibility index (Phi) is 4.68. The lowest BCUT2D eigenvalue weighted by molar-refractivity contribution is -0.115. The molecule has 0 unspecified atom stereocenters. The van der Waals surface area contributed by atoms with Gasteiger partial charge in [-0.15, -0.1) is 0 Å². The van der Waals surface area contributed by atoms with Crippen LogP contribution >= 0.6 is 0 Å². The Labute approximate surface area is 159 Å². The molecule has 0 spiro atoms. The molecule has 0 atom stereocenters. The van der Waals surface area contributed by atoms with Crippen LogP contribution in [0.5, 0.6) is 0 Å². The standard InChI is InChI=1S/C24H23NO2/c1-3-16-9-7-10-17(4-2)24(16)25-22(26)14-19-15-27-21-13-12-18-8-5-6-11-20(18)23(19)21/h5-13,15H,3-4,14H2,1-2H3,(H,25,26). The lowest BCUT2D eigenvalue weighted by Crippen LogP contribution is -2.16. The molecule has 1 amide bonds. The van der Waals surface area contributed by atoms with E-state index in [9.17, 15) is 4.79 Å². The normalized spacial score (nSPS) is 11.2. The number of carbonyl (C=O) groups excluding carboxylic acids is 1. The van der Waals surface area contributed by atoms with Crippen molar-refractivity contribution in [2.24, 2.45) is 0 Å². The van der Waals surface area contributed by atoms with Gasteiger partial charge in [0, 0.05) is 16.6 Å². The first-order valence-corrected chi connectivity index (χ1v) is 9.49. The van der Waals surface area contributed by atoms with E-state index in [1.54, 1.807) is 6.26 Å². The van der Waals surface area contributed by atoms with Crippen LogP contribution in [-0.2, 0) is 24.1 Å². The smallest absolute Gasteiger partial charge is 0.228 e. The molecule has 1 N–H and O–H groups in total. The van der Waals surface area contributed by atoms with Crippen molar-refractivity contribution in [3.05, 3.63) is 77.6 Å². The van der Waals surface area contributed by atoms with Gasteiger partial charge in [0.2, 0.25) is 5.91 Å². The van der Waals surface area contributed by atoms with Crippen molar-refractivity contribution in [2.75, 3.05) is 5.32 Å². The van der Waals surface area contributed by atoms with Gasteiger partial charge in [0.25, 0.3) is 0 Å². The van der Waals surface area contributed by atoms with E-state index in [0.717, 1.165) is 45.8 Å². The van der Waals surface area contributed by atoms with Crippen LogP contribution in [0, 0.1) is 0 Å². The highest BCUT2D eigenvalue weighted by atomic mass is 16.3. The number of aryl methyl sites for hydroxylation is 2. The maximum atomic E-state index is 12.8. The second-order valence-electron chi connectivity index (χ2n) is 6.80. The van der Waals surface area contributed by atoms with Crippen molar-refractivity contribution >= 4 is 33.3 Å². The van der Waals surface area contributed by atoms with Crippen LogP contribution < -0.4 is 5.32 Å². The minimum atomic E-state index is -0.0127. The van der Waals surface area contributed by atoms with Gasteiger partial charge in [-0.2, -0.15) is 0 Å². The molecule has 3 nitrogen and oxygen atoms in total. The fourth-order valence-electron chi connectivity index (χ4n) is 3.76. The van der Waals surface area contributed by atoms with Gasteiger partial charge in [0.1, 0.15) is 5.58 Å². The molecule has 0 aliphatic rings. The van der Waals surface area contributed by atoms with Gasteiger partial charge in [-0.05, 0) is 40.8 Å². The Morgan fingerprint density at radius 3 is 2.37 bits per heavy atom. The molecule has 4 rings (SSSR count). The summed E-state index contributed by atoms with van der Waals surface area (Å²) in [4.78, 5) is 12.8. The summed E-state index contributed by atoms with van der Waals surface area (Å²) in [6.07, 6.45) is 3.79. The molecular formula is C24H23NO2. The molecule has 1 aromatic heterocycles. The number of hydrogen-bond donors (Lipinski definition) is 1. The second-order valence-corrected chi connectivity index (χ2v) is 6.80. The molecule has 136 valence electrons. The Morgan fingerprint density at radius 2 is 1.63 bits per heavy atom. The zero-order chi connectivity index (χ0) is 18.8. The minimum absolute atomic E-state index is 0.0127. The minimum Gasteiger partial charge on any atom is -0.464 e. The van der Waals surface area contributed by atoms with Crippen LogP contribution in [0.15, 0.2) is 65.3 Å². The van der Waals surface area contributed by atoms with E-state index in [1.807, 2.05) is 18.2 Å². The van der Waals surface area contributed by atoms with E-state index < -0.39 is 0 Å². The molecule has 3 heteroatoms. The van der Waals surface area contributed by atoms with Crippen molar-refractivity contribution in [1.29, 1.82) is 0 Å². The fourth-order valence-corrected chi connectivity index (χ4v) is 3.76. The summed E-state index contributed by atoms with van der Waals surface area (Å²) in [7, 11) is 0. The molecule has 27 heavy (non-hydrogen) atoms. The molecule has 1 heterocycles. The monoisotopic (exact) mass is 357 g/mol. The maximum absolute atomic E-state index is 12.8. The third kappa shape index (κ3) is 3.21. The molecular weight excluding hydrogens is 334 g/mol. The van der Waals surface area contributed by atoms with Crippen molar-refractivity contribution < 1.29 is 9.21 Å². The van der Waals surface area contributed by atoms with Crippen LogP contribution in [0.4, 0.5) is 5.69 Å². The molecule has 0 saturated heterocycles. The lowest BCUT2D eigenvalue weighted by Gasteiger charge is -2.14. The van der Waals surface area contributed by atoms with Crippen LogP contribution in [-0.4, -0.2) is 5.91 Å². The highest BCUT2D eigenvalue weighted by Crippen LogP contribution is 2.30. The number of rotatable bonds is 5. The third-order valence-corrected chi connectivity index (χ3v) is 5.15. The predicted molar refractivity (Wildman–Crippen MR) is 111 cm³/mol. The zero-order valence-electron chi connectivity index (χ0n) is 15.7. The van der Waals surface area contributed by atoms with E-state index >= 15 is 0 Å². The summed E-state index contributed by atoms with van der Waals surface area (Å²) >= 11 is 0. The molecule has 0 radical (unpaired) electrons. The van der Waals surface area contributed by atoms with E-state index in [4.69, 9.17) is 4.42 Å². The predicted octanol–water partition coefficient (Wildman–Crippen LogP) is 5.89. The van der Waals surface area contributed by atoms with Crippen LogP contribution in [0.3, 0.4) is 0 Å². The molecule has 4 aromatic rings. The van der Waals surface area contributed by atoms with Gasteiger partial charge in [0.15, 0.2) is 0 Å². The summed E-state index contributed by atoms with van der Waals surface area (Å²) in [5.74, 6) is -0.0127. The molecule has 0 fully saturated rings. The van der Waals surface area contributed by atoms with Crippen LogP contribution in [0.2, 0.25) is 0 Å². The topological polar surface area (TPSA) is 42.2 Å². The van der Waals surface area contributed by atoms with Crippen molar-refractivity contribution in [1.82, 2.24) is 0 Å². The van der Waals surface area contributed by atoms with Crippen molar-refractivity contribution in [2.45, 2.75) is 33.1 Å². The number of furan rings is 1. The molecule has 0 aliphatic carbocycles. The summed E-state index contributed by atoms with van der Waals surface area (Å²) in [6.45, 7) is 4.22. The number of fused-ring (bicyclic) bond motifs is 3. The summed E-state index contributed by atoms with van der Waals surface area (Å²) in [6, 6.07) is 18.4. The van der Waals surface area contributed by atoms with E-state index in [-0.39, 0.29) is 5.91 Å². The largest absolute Gasteiger partial charge is 0.464 e. The number of benzene rings is 3. The first kappa shape index (κ1) is 17.3. The highest BCUT2D eigenvalue weighted by molar-refractivity contribution is 6.09. The fraction of sp³-hybridized carbons (Fsp3) is 0.208. The quantitative estimate of drug-likeness (QED) is 0.484. The number of amides is 1. The lowest BCUT2D eigenvalue weighted by atomic mass is 10.0. The van der Waals surface area contributed by atoms with E-state index in [1.165, 1.54) is 11.1 Å². The SMILES string of the molecule is CCc1cccc(CC)c1NC(=O)Cc1coc2ccc3ccccc3c12.